The molecule has 18 heavy (non-hydrogen) atoms. The summed E-state index contributed by atoms with van der Waals surface area (Å²) in [6.45, 7) is 6.81. The Hall–Kier alpha value is -0.620. The van der Waals surface area contributed by atoms with Crippen LogP contribution in [-0.4, -0.2) is 41.2 Å². The van der Waals surface area contributed by atoms with E-state index in [-0.39, 0.29) is 25.6 Å². The van der Waals surface area contributed by atoms with Gasteiger partial charge in [-0.2, -0.15) is 0 Å². The van der Waals surface area contributed by atoms with Crippen LogP contribution in [0.2, 0.25) is 0 Å². The highest BCUT2D eigenvalue weighted by Gasteiger charge is 2.42. The molecule has 0 aliphatic rings. The largest absolute Gasteiger partial charge is 0.466 e. The van der Waals surface area contributed by atoms with Crippen LogP contribution in [0.15, 0.2) is 0 Å². The SMILES string of the molecule is CCOC(=O)C(C)(C)CC(C)(Br)C(=O)OCCO. The van der Waals surface area contributed by atoms with Crippen molar-refractivity contribution in [1.82, 2.24) is 0 Å². The number of hydrogen-bond donors (Lipinski definition) is 1. The Morgan fingerprint density at radius 3 is 2.17 bits per heavy atom. The molecule has 106 valence electrons. The quantitative estimate of drug-likeness (QED) is 0.569. The van der Waals surface area contributed by atoms with Gasteiger partial charge in [0, 0.05) is 0 Å². The zero-order chi connectivity index (χ0) is 14.4. The number of alkyl halides is 1. The molecule has 0 aromatic heterocycles. The van der Waals surface area contributed by atoms with Gasteiger partial charge < -0.3 is 14.6 Å². The smallest absolute Gasteiger partial charge is 0.322 e. The second-order valence-corrected chi connectivity index (χ2v) is 6.59. The standard InChI is InChI=1S/C12H21BrO5/c1-5-17-9(15)11(2,3)8-12(4,13)10(16)18-7-6-14/h14H,5-8H2,1-4H3. The van der Waals surface area contributed by atoms with Gasteiger partial charge in [-0.15, -0.1) is 0 Å². The van der Waals surface area contributed by atoms with Gasteiger partial charge in [-0.05, 0) is 34.1 Å². The average molecular weight is 325 g/mol. The first-order chi connectivity index (χ1) is 8.17. The van der Waals surface area contributed by atoms with E-state index < -0.39 is 15.7 Å². The first-order valence-electron chi connectivity index (χ1n) is 5.81. The molecule has 0 saturated heterocycles. The van der Waals surface area contributed by atoms with E-state index in [9.17, 15) is 9.59 Å². The summed E-state index contributed by atoms with van der Waals surface area (Å²) in [6, 6.07) is 0. The van der Waals surface area contributed by atoms with E-state index in [1.807, 2.05) is 0 Å². The van der Waals surface area contributed by atoms with Crippen molar-refractivity contribution in [3.05, 3.63) is 0 Å². The monoisotopic (exact) mass is 324 g/mol. The molecule has 0 aromatic rings. The molecule has 6 heteroatoms. The minimum absolute atomic E-state index is 0.0557. The van der Waals surface area contributed by atoms with E-state index in [1.54, 1.807) is 27.7 Å². The van der Waals surface area contributed by atoms with Crippen molar-refractivity contribution in [3.8, 4) is 0 Å². The minimum atomic E-state index is -0.988. The number of rotatable bonds is 7. The fourth-order valence-electron chi connectivity index (χ4n) is 1.59. The summed E-state index contributed by atoms with van der Waals surface area (Å²) in [5.74, 6) is -0.862. The highest BCUT2D eigenvalue weighted by Crippen LogP contribution is 2.35. The van der Waals surface area contributed by atoms with Gasteiger partial charge in [-0.1, -0.05) is 15.9 Å². The molecule has 0 aliphatic carbocycles. The van der Waals surface area contributed by atoms with Gasteiger partial charge in [0.05, 0.1) is 18.6 Å². The molecule has 0 saturated carbocycles. The Morgan fingerprint density at radius 1 is 1.17 bits per heavy atom. The number of ether oxygens (including phenoxy) is 2. The molecule has 1 unspecified atom stereocenters. The van der Waals surface area contributed by atoms with Crippen LogP contribution in [0.1, 0.15) is 34.1 Å². The lowest BCUT2D eigenvalue weighted by Gasteiger charge is -2.30. The third kappa shape index (κ3) is 5.35. The summed E-state index contributed by atoms with van der Waals surface area (Å²) in [4.78, 5) is 23.5. The molecule has 0 aliphatic heterocycles. The van der Waals surface area contributed by atoms with E-state index >= 15 is 0 Å². The van der Waals surface area contributed by atoms with Gasteiger partial charge in [0.25, 0.3) is 0 Å². The highest BCUT2D eigenvalue weighted by atomic mass is 79.9. The predicted molar refractivity (Wildman–Crippen MR) is 70.4 cm³/mol. The van der Waals surface area contributed by atoms with Crippen molar-refractivity contribution in [3.63, 3.8) is 0 Å². The topological polar surface area (TPSA) is 72.8 Å². The maximum absolute atomic E-state index is 11.7. The van der Waals surface area contributed by atoms with Gasteiger partial charge in [-0.25, -0.2) is 0 Å². The number of carbonyl (C=O) groups excluding carboxylic acids is 2. The molecule has 0 amide bonds. The summed E-state index contributed by atoms with van der Waals surface area (Å²) in [6.07, 6.45) is 0.239. The van der Waals surface area contributed by atoms with Crippen molar-refractivity contribution in [2.24, 2.45) is 5.41 Å². The van der Waals surface area contributed by atoms with E-state index in [0.29, 0.717) is 6.61 Å². The number of aliphatic hydroxyl groups excluding tert-OH is 1. The summed E-state index contributed by atoms with van der Waals surface area (Å²) in [5, 5.41) is 8.60. The van der Waals surface area contributed by atoms with Gasteiger partial charge in [-0.3, -0.25) is 9.59 Å². The Kier molecular flexibility index (Phi) is 6.84. The van der Waals surface area contributed by atoms with E-state index in [2.05, 4.69) is 15.9 Å². The first kappa shape index (κ1) is 17.4. The maximum Gasteiger partial charge on any atom is 0.322 e. The molecule has 0 heterocycles. The summed E-state index contributed by atoms with van der Waals surface area (Å²) in [7, 11) is 0. The molecule has 0 rings (SSSR count). The Morgan fingerprint density at radius 2 is 1.72 bits per heavy atom. The summed E-state index contributed by atoms with van der Waals surface area (Å²) >= 11 is 3.27. The molecule has 1 N–H and O–H groups in total. The average Bonchev–Trinajstić information content (AvgIpc) is 2.24. The number of hydrogen-bond acceptors (Lipinski definition) is 5. The van der Waals surface area contributed by atoms with Gasteiger partial charge >= 0.3 is 11.9 Å². The zero-order valence-electron chi connectivity index (χ0n) is 11.3. The van der Waals surface area contributed by atoms with Crippen LogP contribution in [0, 0.1) is 5.41 Å². The van der Waals surface area contributed by atoms with Gasteiger partial charge in [0.2, 0.25) is 0 Å². The minimum Gasteiger partial charge on any atom is -0.466 e. The lowest BCUT2D eigenvalue weighted by atomic mass is 9.83. The fourth-order valence-corrected chi connectivity index (χ4v) is 2.40. The van der Waals surface area contributed by atoms with Gasteiger partial charge in [0.1, 0.15) is 10.9 Å². The Balaban J connectivity index is 4.63. The van der Waals surface area contributed by atoms with Crippen LogP contribution in [0.5, 0.6) is 0 Å². The Bertz CT molecular complexity index is 299. The third-order valence-electron chi connectivity index (χ3n) is 2.35. The van der Waals surface area contributed by atoms with Crippen LogP contribution in [0.4, 0.5) is 0 Å². The molecule has 5 nitrogen and oxygen atoms in total. The van der Waals surface area contributed by atoms with Crippen LogP contribution in [0.25, 0.3) is 0 Å². The molecular formula is C12H21BrO5. The number of halogens is 1. The molecular weight excluding hydrogens is 304 g/mol. The number of carbonyl (C=O) groups is 2. The van der Waals surface area contributed by atoms with Crippen LogP contribution in [0.3, 0.4) is 0 Å². The zero-order valence-corrected chi connectivity index (χ0v) is 12.9. The maximum atomic E-state index is 11.7. The molecule has 0 fully saturated rings. The molecule has 1 atom stereocenters. The summed E-state index contributed by atoms with van der Waals surface area (Å²) < 4.78 is 8.83. The lowest BCUT2D eigenvalue weighted by molar-refractivity contribution is -0.156. The van der Waals surface area contributed by atoms with Crippen LogP contribution in [-0.2, 0) is 19.1 Å². The number of esters is 2. The molecule has 0 bridgehead atoms. The lowest BCUT2D eigenvalue weighted by Crippen LogP contribution is -2.40. The third-order valence-corrected chi connectivity index (χ3v) is 2.96. The van der Waals surface area contributed by atoms with Crippen molar-refractivity contribution in [1.29, 1.82) is 0 Å². The fraction of sp³-hybridized carbons (Fsp3) is 0.833. The van der Waals surface area contributed by atoms with E-state index in [0.717, 1.165) is 0 Å². The van der Waals surface area contributed by atoms with Crippen LogP contribution < -0.4 is 0 Å². The van der Waals surface area contributed by atoms with E-state index in [1.165, 1.54) is 0 Å². The van der Waals surface area contributed by atoms with Crippen molar-refractivity contribution in [2.75, 3.05) is 19.8 Å². The van der Waals surface area contributed by atoms with Gasteiger partial charge in [0.15, 0.2) is 0 Å². The molecule has 0 spiro atoms. The second kappa shape index (κ2) is 7.09. The second-order valence-electron chi connectivity index (χ2n) is 4.84. The molecule has 0 radical (unpaired) electrons. The first-order valence-corrected chi connectivity index (χ1v) is 6.61. The van der Waals surface area contributed by atoms with Crippen molar-refractivity contribution < 1.29 is 24.2 Å². The normalized spacial score (nSPS) is 14.8. The molecule has 0 aromatic carbocycles. The highest BCUT2D eigenvalue weighted by molar-refractivity contribution is 9.10. The van der Waals surface area contributed by atoms with Crippen molar-refractivity contribution >= 4 is 27.9 Å². The number of aliphatic hydroxyl groups is 1. The van der Waals surface area contributed by atoms with Crippen LogP contribution >= 0.6 is 15.9 Å². The van der Waals surface area contributed by atoms with E-state index in [4.69, 9.17) is 14.6 Å². The van der Waals surface area contributed by atoms with Crippen molar-refractivity contribution in [2.45, 2.75) is 38.4 Å². The predicted octanol–water partition coefficient (Wildman–Crippen LogP) is 1.65. The Labute approximate surface area is 116 Å². The summed E-state index contributed by atoms with van der Waals surface area (Å²) in [5.41, 5.74) is -0.799.